The van der Waals surface area contributed by atoms with Crippen LogP contribution in [0.1, 0.15) is 48.1 Å². The minimum atomic E-state index is -4.37. The van der Waals surface area contributed by atoms with E-state index in [4.69, 9.17) is 0 Å². The number of nitrogens with zero attached hydrogens (tertiary/aromatic N) is 2. The maximum Gasteiger partial charge on any atom is 0.416 e. The zero-order valence-electron chi connectivity index (χ0n) is 17.9. The highest BCUT2D eigenvalue weighted by molar-refractivity contribution is 5.79. The molecule has 0 aliphatic heterocycles. The minimum Gasteiger partial charge on any atom is -0.345 e. The van der Waals surface area contributed by atoms with Gasteiger partial charge in [-0.2, -0.15) is 13.2 Å². The molecule has 1 heterocycles. The number of hydrogen-bond acceptors (Lipinski definition) is 1. The lowest BCUT2D eigenvalue weighted by Crippen LogP contribution is -2.35. The van der Waals surface area contributed by atoms with E-state index in [9.17, 15) is 18.0 Å². The van der Waals surface area contributed by atoms with E-state index in [2.05, 4.69) is 0 Å². The summed E-state index contributed by atoms with van der Waals surface area (Å²) in [6.45, 7) is 1.27. The second-order valence-electron chi connectivity index (χ2n) is 8.49. The van der Waals surface area contributed by atoms with Gasteiger partial charge in [-0.25, -0.2) is 0 Å². The summed E-state index contributed by atoms with van der Waals surface area (Å²) in [6, 6.07) is 19.1. The van der Waals surface area contributed by atoms with E-state index in [1.807, 2.05) is 58.1 Å². The number of benzene rings is 2. The van der Waals surface area contributed by atoms with Crippen molar-refractivity contribution >= 4 is 5.91 Å². The van der Waals surface area contributed by atoms with E-state index in [1.165, 1.54) is 12.1 Å². The Morgan fingerprint density at radius 2 is 1.62 bits per heavy atom. The largest absolute Gasteiger partial charge is 0.416 e. The second-order valence-corrected chi connectivity index (χ2v) is 8.49. The van der Waals surface area contributed by atoms with E-state index in [1.54, 1.807) is 6.07 Å². The van der Waals surface area contributed by atoms with Crippen molar-refractivity contribution in [3.05, 3.63) is 95.3 Å². The normalized spacial score (nSPS) is 14.6. The van der Waals surface area contributed by atoms with Crippen LogP contribution in [0, 0.1) is 5.92 Å². The molecule has 0 unspecified atom stereocenters. The Hall–Kier alpha value is -3.02. The van der Waals surface area contributed by atoms with Crippen molar-refractivity contribution < 1.29 is 18.0 Å². The number of halogens is 3. The maximum atomic E-state index is 13.3. The van der Waals surface area contributed by atoms with Gasteiger partial charge in [0.2, 0.25) is 5.91 Å². The van der Waals surface area contributed by atoms with Crippen LogP contribution in [0.3, 0.4) is 0 Å². The molecule has 0 radical (unpaired) electrons. The van der Waals surface area contributed by atoms with Gasteiger partial charge in [-0.1, -0.05) is 55.3 Å². The highest BCUT2D eigenvalue weighted by Gasteiger charge is 2.30. The Kier molecular flexibility index (Phi) is 6.68. The highest BCUT2D eigenvalue weighted by atomic mass is 19.4. The summed E-state index contributed by atoms with van der Waals surface area (Å²) in [5, 5.41) is 0. The third-order valence-electron chi connectivity index (χ3n) is 6.12. The van der Waals surface area contributed by atoms with Crippen molar-refractivity contribution in [2.24, 2.45) is 5.92 Å². The molecule has 0 saturated heterocycles. The smallest absolute Gasteiger partial charge is 0.345 e. The summed E-state index contributed by atoms with van der Waals surface area (Å²) < 4.78 is 41.2. The number of aromatic nitrogens is 1. The van der Waals surface area contributed by atoms with Crippen LogP contribution >= 0.6 is 0 Å². The molecule has 1 amide bonds. The van der Waals surface area contributed by atoms with Crippen LogP contribution in [0.5, 0.6) is 0 Å². The summed E-state index contributed by atoms with van der Waals surface area (Å²) in [6.07, 6.45) is 1.51. The SMILES string of the molecule is O=C(C1CCCC1)N(Cc1ccccc1)Cc1cccn1Cc1cccc(C(F)(F)F)c1. The molecule has 1 aromatic heterocycles. The van der Waals surface area contributed by atoms with Gasteiger partial charge in [0.15, 0.2) is 0 Å². The molecule has 0 atom stereocenters. The van der Waals surface area contributed by atoms with Gasteiger partial charge in [0.25, 0.3) is 0 Å². The molecular weight excluding hydrogens is 413 g/mol. The molecule has 0 N–H and O–H groups in total. The first kappa shape index (κ1) is 22.2. The van der Waals surface area contributed by atoms with E-state index in [0.29, 0.717) is 25.2 Å². The average molecular weight is 441 g/mol. The molecule has 0 bridgehead atoms. The van der Waals surface area contributed by atoms with Crippen molar-refractivity contribution in [3.63, 3.8) is 0 Å². The third-order valence-corrected chi connectivity index (χ3v) is 6.12. The van der Waals surface area contributed by atoms with E-state index >= 15 is 0 Å². The van der Waals surface area contributed by atoms with Crippen molar-refractivity contribution in [2.45, 2.75) is 51.5 Å². The van der Waals surface area contributed by atoms with E-state index < -0.39 is 11.7 Å². The van der Waals surface area contributed by atoms with Crippen LogP contribution in [0.15, 0.2) is 72.9 Å². The molecule has 1 aliphatic carbocycles. The van der Waals surface area contributed by atoms with Crippen LogP contribution < -0.4 is 0 Å². The van der Waals surface area contributed by atoms with Crippen molar-refractivity contribution in [3.8, 4) is 0 Å². The number of alkyl halides is 3. The molecule has 1 aliphatic rings. The Balaban J connectivity index is 1.54. The Bertz CT molecular complexity index is 1040. The number of carbonyl (C=O) groups excluding carboxylic acids is 1. The Morgan fingerprint density at radius 1 is 0.906 bits per heavy atom. The zero-order valence-corrected chi connectivity index (χ0v) is 17.9. The fourth-order valence-corrected chi connectivity index (χ4v) is 4.43. The summed E-state index contributed by atoms with van der Waals surface area (Å²) in [5.74, 6) is 0.226. The molecule has 4 rings (SSSR count). The first-order valence-corrected chi connectivity index (χ1v) is 11.0. The molecule has 0 spiro atoms. The monoisotopic (exact) mass is 440 g/mol. The van der Waals surface area contributed by atoms with Crippen LogP contribution in [-0.4, -0.2) is 15.4 Å². The number of amides is 1. The highest BCUT2D eigenvalue weighted by Crippen LogP contribution is 2.30. The summed E-state index contributed by atoms with van der Waals surface area (Å²) in [5.41, 5.74) is 1.90. The maximum absolute atomic E-state index is 13.3. The lowest BCUT2D eigenvalue weighted by Gasteiger charge is -2.26. The predicted octanol–water partition coefficient (Wildman–Crippen LogP) is 6.27. The van der Waals surface area contributed by atoms with E-state index in [0.717, 1.165) is 43.0 Å². The molecule has 3 aromatic rings. The third kappa shape index (κ3) is 5.42. The first-order chi connectivity index (χ1) is 15.4. The fourth-order valence-electron chi connectivity index (χ4n) is 4.43. The predicted molar refractivity (Wildman–Crippen MR) is 118 cm³/mol. The second kappa shape index (κ2) is 9.63. The lowest BCUT2D eigenvalue weighted by atomic mass is 10.1. The number of carbonyl (C=O) groups is 1. The van der Waals surface area contributed by atoms with Gasteiger partial charge in [0, 0.05) is 30.9 Å². The Labute approximate surface area is 186 Å². The van der Waals surface area contributed by atoms with Gasteiger partial charge in [0.05, 0.1) is 12.1 Å². The zero-order chi connectivity index (χ0) is 22.6. The van der Waals surface area contributed by atoms with Gasteiger partial charge in [0.1, 0.15) is 0 Å². The average Bonchev–Trinajstić information content (AvgIpc) is 3.46. The molecule has 1 saturated carbocycles. The van der Waals surface area contributed by atoms with Gasteiger partial charge < -0.3 is 9.47 Å². The number of rotatable bonds is 7. The topological polar surface area (TPSA) is 25.2 Å². The summed E-state index contributed by atoms with van der Waals surface area (Å²) in [4.78, 5) is 15.2. The summed E-state index contributed by atoms with van der Waals surface area (Å²) in [7, 11) is 0. The Morgan fingerprint density at radius 3 is 2.34 bits per heavy atom. The van der Waals surface area contributed by atoms with Crippen LogP contribution in [-0.2, 0) is 30.6 Å². The van der Waals surface area contributed by atoms with Crippen LogP contribution in [0.4, 0.5) is 13.2 Å². The quantitative estimate of drug-likeness (QED) is 0.425. The van der Waals surface area contributed by atoms with E-state index in [-0.39, 0.29) is 11.8 Å². The molecule has 2 aromatic carbocycles. The molecule has 6 heteroatoms. The van der Waals surface area contributed by atoms with Crippen LogP contribution in [0.25, 0.3) is 0 Å². The lowest BCUT2D eigenvalue weighted by molar-refractivity contribution is -0.138. The molecule has 3 nitrogen and oxygen atoms in total. The fraction of sp³-hybridized carbons (Fsp3) is 0.346. The van der Waals surface area contributed by atoms with Crippen LogP contribution in [0.2, 0.25) is 0 Å². The summed E-state index contributed by atoms with van der Waals surface area (Å²) >= 11 is 0. The first-order valence-electron chi connectivity index (χ1n) is 11.0. The van der Waals surface area contributed by atoms with Gasteiger partial charge in [-0.15, -0.1) is 0 Å². The van der Waals surface area contributed by atoms with Crippen molar-refractivity contribution in [1.82, 2.24) is 9.47 Å². The molecule has 168 valence electrons. The molecule has 1 fully saturated rings. The standard InChI is InChI=1S/C26H27F3N2O/c27-26(28,29)23-13-6-10-21(16-23)18-30-15-7-14-24(30)19-31(17-20-8-2-1-3-9-20)25(32)22-11-4-5-12-22/h1-3,6-10,13-16,22H,4-5,11-12,17-19H2. The minimum absolute atomic E-state index is 0.0607. The number of hydrogen-bond donors (Lipinski definition) is 0. The van der Waals surface area contributed by atoms with Gasteiger partial charge in [-0.05, 0) is 48.2 Å². The van der Waals surface area contributed by atoms with Gasteiger partial charge in [-0.3, -0.25) is 4.79 Å². The van der Waals surface area contributed by atoms with Crippen molar-refractivity contribution in [1.29, 1.82) is 0 Å². The molecule has 32 heavy (non-hydrogen) atoms. The van der Waals surface area contributed by atoms with Gasteiger partial charge >= 0.3 is 6.18 Å². The molecular formula is C26H27F3N2O. The van der Waals surface area contributed by atoms with Crippen molar-refractivity contribution in [2.75, 3.05) is 0 Å².